The zero-order valence-electron chi connectivity index (χ0n) is 24.7. The topological polar surface area (TPSA) is 135 Å². The van der Waals surface area contributed by atoms with Crippen LogP contribution >= 0.6 is 0 Å². The Labute approximate surface area is 252 Å². The fourth-order valence-electron chi connectivity index (χ4n) is 6.04. The molecule has 1 aliphatic heterocycles. The molecule has 1 aromatic heterocycles. The van der Waals surface area contributed by atoms with Crippen LogP contribution in [0.15, 0.2) is 41.3 Å². The predicted molar refractivity (Wildman–Crippen MR) is 162 cm³/mol. The number of carbonyl (C=O) groups excluding carboxylic acids is 1. The molecule has 2 aromatic carbocycles. The van der Waals surface area contributed by atoms with Crippen LogP contribution < -0.4 is 14.8 Å². The lowest BCUT2D eigenvalue weighted by atomic mass is 9.90. The van der Waals surface area contributed by atoms with Crippen LogP contribution in [0.4, 0.5) is 0 Å². The number of carboxylic acids is 1. The van der Waals surface area contributed by atoms with E-state index < -0.39 is 16.0 Å². The van der Waals surface area contributed by atoms with Crippen LogP contribution in [0.2, 0.25) is 0 Å². The SMILES string of the molecule is CCOc1ccc(CCNC(=O)C2CCN(S(=O)(=O)c3ccc4nc5c(c(C(=O)O)c4c3)CCCC5)CC2)cc1OCC. The number of hydrogen-bond donors (Lipinski definition) is 2. The molecule has 0 atom stereocenters. The van der Waals surface area contributed by atoms with Gasteiger partial charge in [0.15, 0.2) is 11.5 Å². The van der Waals surface area contributed by atoms with Crippen LogP contribution in [-0.4, -0.2) is 67.5 Å². The number of nitrogens with zero attached hydrogens (tertiary/aromatic N) is 2. The number of ether oxygens (including phenoxy) is 2. The van der Waals surface area contributed by atoms with E-state index in [0.717, 1.165) is 30.5 Å². The number of rotatable bonds is 11. The van der Waals surface area contributed by atoms with Crippen LogP contribution in [0, 0.1) is 5.92 Å². The number of benzene rings is 2. The van der Waals surface area contributed by atoms with E-state index in [-0.39, 0.29) is 35.4 Å². The summed E-state index contributed by atoms with van der Waals surface area (Å²) in [5, 5.41) is 13.4. The van der Waals surface area contributed by atoms with Crippen LogP contribution in [0.3, 0.4) is 0 Å². The van der Waals surface area contributed by atoms with Gasteiger partial charge in [0.2, 0.25) is 15.9 Å². The molecule has 2 N–H and O–H groups in total. The summed E-state index contributed by atoms with van der Waals surface area (Å²) in [6.45, 7) is 5.78. The Kier molecular flexibility index (Phi) is 9.51. The highest BCUT2D eigenvalue weighted by Crippen LogP contribution is 2.32. The maximum atomic E-state index is 13.6. The van der Waals surface area contributed by atoms with Gasteiger partial charge in [-0.25, -0.2) is 13.2 Å². The van der Waals surface area contributed by atoms with Gasteiger partial charge in [0, 0.05) is 36.6 Å². The molecule has 1 fully saturated rings. The van der Waals surface area contributed by atoms with Crippen LogP contribution in [0.25, 0.3) is 10.9 Å². The van der Waals surface area contributed by atoms with E-state index in [1.807, 2.05) is 32.0 Å². The fraction of sp³-hybridized carbons (Fsp3) is 0.469. The fourth-order valence-corrected chi connectivity index (χ4v) is 7.54. The zero-order valence-corrected chi connectivity index (χ0v) is 25.5. The summed E-state index contributed by atoms with van der Waals surface area (Å²) in [7, 11) is -3.88. The molecule has 2 heterocycles. The molecule has 2 aliphatic rings. The summed E-state index contributed by atoms with van der Waals surface area (Å²) in [6.07, 6.45) is 4.65. The highest BCUT2D eigenvalue weighted by molar-refractivity contribution is 7.89. The Morgan fingerprint density at radius 1 is 1.00 bits per heavy atom. The van der Waals surface area contributed by atoms with Crippen molar-refractivity contribution in [1.29, 1.82) is 0 Å². The number of nitrogens with one attached hydrogen (secondary N) is 1. The van der Waals surface area contributed by atoms with Crippen LogP contribution in [-0.2, 0) is 34.1 Å². The van der Waals surface area contributed by atoms with Crippen LogP contribution in [0.5, 0.6) is 11.5 Å². The third kappa shape index (κ3) is 6.62. The van der Waals surface area contributed by atoms with Crippen molar-refractivity contribution in [2.24, 2.45) is 5.92 Å². The van der Waals surface area contributed by atoms with Gasteiger partial charge in [0.25, 0.3) is 0 Å². The van der Waals surface area contributed by atoms with Gasteiger partial charge in [0.1, 0.15) is 0 Å². The van der Waals surface area contributed by atoms with E-state index in [4.69, 9.17) is 9.47 Å². The molecule has 11 heteroatoms. The standard InChI is InChI=1S/C32H39N3O7S/c1-3-41-28-12-9-21(19-29(28)42-4-2)13-16-33-31(36)22-14-17-35(18-15-22)43(39,40)23-10-11-27-25(20-23)30(32(37)38)24-7-5-6-8-26(24)34-27/h9-12,19-20,22H,3-8,13-18H2,1-2H3,(H,33,36)(H,37,38). The Morgan fingerprint density at radius 3 is 2.44 bits per heavy atom. The lowest BCUT2D eigenvalue weighted by Crippen LogP contribution is -2.43. The number of aryl methyl sites for hydroxylation is 1. The number of sulfonamides is 1. The molecule has 10 nitrogen and oxygen atoms in total. The average molecular weight is 610 g/mol. The number of pyridine rings is 1. The number of aromatic carboxylic acids is 1. The van der Waals surface area contributed by atoms with Crippen molar-refractivity contribution in [3.63, 3.8) is 0 Å². The third-order valence-electron chi connectivity index (χ3n) is 8.23. The molecule has 230 valence electrons. The number of carboxylic acid groups (broad SMARTS) is 1. The summed E-state index contributed by atoms with van der Waals surface area (Å²) in [6, 6.07) is 10.3. The van der Waals surface area contributed by atoms with E-state index in [2.05, 4.69) is 10.3 Å². The largest absolute Gasteiger partial charge is 0.490 e. The quantitative estimate of drug-likeness (QED) is 0.327. The summed E-state index contributed by atoms with van der Waals surface area (Å²) in [5.41, 5.74) is 3.18. The zero-order chi connectivity index (χ0) is 30.6. The minimum Gasteiger partial charge on any atom is -0.490 e. The van der Waals surface area contributed by atoms with Gasteiger partial charge in [-0.1, -0.05) is 6.07 Å². The minimum atomic E-state index is -3.88. The van der Waals surface area contributed by atoms with Crippen molar-refractivity contribution in [3.05, 3.63) is 58.8 Å². The van der Waals surface area contributed by atoms with Crippen molar-refractivity contribution in [3.8, 4) is 11.5 Å². The lowest BCUT2D eigenvalue weighted by molar-refractivity contribution is -0.126. The Balaban J connectivity index is 1.21. The lowest BCUT2D eigenvalue weighted by Gasteiger charge is -2.30. The molecule has 5 rings (SSSR count). The summed E-state index contributed by atoms with van der Waals surface area (Å²) >= 11 is 0. The number of piperidine rings is 1. The first-order chi connectivity index (χ1) is 20.7. The molecule has 0 bridgehead atoms. The van der Waals surface area contributed by atoms with E-state index in [1.54, 1.807) is 6.07 Å². The minimum absolute atomic E-state index is 0.0461. The maximum absolute atomic E-state index is 13.6. The van der Waals surface area contributed by atoms with Gasteiger partial charge < -0.3 is 19.9 Å². The number of carbonyl (C=O) groups is 2. The summed E-state index contributed by atoms with van der Waals surface area (Å²) < 4.78 is 39.9. The van der Waals surface area contributed by atoms with Gasteiger partial charge in [0.05, 0.1) is 29.2 Å². The molecular weight excluding hydrogens is 570 g/mol. The molecule has 1 aliphatic carbocycles. The van der Waals surface area contributed by atoms with E-state index in [0.29, 0.717) is 73.4 Å². The Bertz CT molecular complexity index is 1610. The number of fused-ring (bicyclic) bond motifs is 2. The predicted octanol–water partition coefficient (Wildman–Crippen LogP) is 4.37. The smallest absolute Gasteiger partial charge is 0.336 e. The van der Waals surface area contributed by atoms with Crippen molar-refractivity contribution in [2.45, 2.75) is 63.7 Å². The van der Waals surface area contributed by atoms with Crippen molar-refractivity contribution < 1.29 is 32.6 Å². The second kappa shape index (κ2) is 13.3. The van der Waals surface area contributed by atoms with Gasteiger partial charge in [-0.3, -0.25) is 9.78 Å². The molecule has 43 heavy (non-hydrogen) atoms. The van der Waals surface area contributed by atoms with Gasteiger partial charge in [-0.2, -0.15) is 4.31 Å². The Hall–Kier alpha value is -3.70. The molecule has 0 spiro atoms. The number of hydrogen-bond acceptors (Lipinski definition) is 7. The van der Waals surface area contributed by atoms with Crippen molar-refractivity contribution in [2.75, 3.05) is 32.8 Å². The van der Waals surface area contributed by atoms with Crippen molar-refractivity contribution >= 4 is 32.8 Å². The number of aromatic nitrogens is 1. The third-order valence-corrected chi connectivity index (χ3v) is 10.1. The summed E-state index contributed by atoms with van der Waals surface area (Å²) in [4.78, 5) is 29.9. The van der Waals surface area contributed by atoms with Crippen molar-refractivity contribution in [1.82, 2.24) is 14.6 Å². The molecule has 0 radical (unpaired) electrons. The highest BCUT2D eigenvalue weighted by Gasteiger charge is 2.33. The van der Waals surface area contributed by atoms with E-state index >= 15 is 0 Å². The van der Waals surface area contributed by atoms with E-state index in [9.17, 15) is 23.1 Å². The van der Waals surface area contributed by atoms with Gasteiger partial charge in [-0.15, -0.1) is 0 Å². The second-order valence-electron chi connectivity index (χ2n) is 11.0. The van der Waals surface area contributed by atoms with Crippen LogP contribution in [0.1, 0.15) is 66.7 Å². The molecular formula is C32H39N3O7S. The Morgan fingerprint density at radius 2 is 1.72 bits per heavy atom. The average Bonchev–Trinajstić information content (AvgIpc) is 3.00. The molecule has 1 saturated heterocycles. The first-order valence-corrected chi connectivity index (χ1v) is 16.5. The van der Waals surface area contributed by atoms with Gasteiger partial charge in [-0.05, 0) is 100 Å². The molecule has 0 saturated carbocycles. The van der Waals surface area contributed by atoms with Gasteiger partial charge >= 0.3 is 5.97 Å². The molecule has 3 aromatic rings. The first kappa shape index (κ1) is 30.7. The first-order valence-electron chi connectivity index (χ1n) is 15.1. The highest BCUT2D eigenvalue weighted by atomic mass is 32.2. The normalized spacial score (nSPS) is 16.0. The number of amides is 1. The summed E-state index contributed by atoms with van der Waals surface area (Å²) in [5.74, 6) is -0.0509. The second-order valence-corrected chi connectivity index (χ2v) is 12.9. The maximum Gasteiger partial charge on any atom is 0.336 e. The monoisotopic (exact) mass is 609 g/mol. The molecule has 0 unspecified atom stereocenters. The van der Waals surface area contributed by atoms with E-state index in [1.165, 1.54) is 16.4 Å². The molecule has 1 amide bonds.